The predicted molar refractivity (Wildman–Crippen MR) is 109 cm³/mol. The third-order valence-electron chi connectivity index (χ3n) is 4.23. The summed E-state index contributed by atoms with van der Waals surface area (Å²) in [5.74, 6) is 0.0140. The molecule has 6 nitrogen and oxygen atoms in total. The first-order chi connectivity index (χ1) is 13.7. The number of halogens is 1. The fraction of sp³-hybridized carbons (Fsp3) is 0.0476. The fourth-order valence-corrected chi connectivity index (χ4v) is 3.04. The van der Waals surface area contributed by atoms with Gasteiger partial charge >= 0.3 is 0 Å². The number of amides is 1. The van der Waals surface area contributed by atoms with Gasteiger partial charge in [0, 0.05) is 17.4 Å². The van der Waals surface area contributed by atoms with Gasteiger partial charge in [-0.1, -0.05) is 29.8 Å². The van der Waals surface area contributed by atoms with E-state index in [1.54, 1.807) is 29.1 Å². The standard InChI is InChI=1S/C21H17ClN4O2/c1-28-19-14-26(16-7-3-2-4-8-16)24-20(19)21(27)23-17-10-9-15(22)13-18(17)25-11-5-6-12-25/h2-14H,1H3,(H,23,27). The number of aromatic nitrogens is 3. The van der Waals surface area contributed by atoms with Crippen LogP contribution in [0.15, 0.2) is 79.3 Å². The van der Waals surface area contributed by atoms with Crippen LogP contribution in [0.1, 0.15) is 10.5 Å². The van der Waals surface area contributed by atoms with E-state index >= 15 is 0 Å². The van der Waals surface area contributed by atoms with Crippen LogP contribution in [0.4, 0.5) is 5.69 Å². The van der Waals surface area contributed by atoms with E-state index in [1.165, 1.54) is 7.11 Å². The van der Waals surface area contributed by atoms with Gasteiger partial charge in [-0.05, 0) is 42.5 Å². The molecule has 0 bridgehead atoms. The molecule has 0 aliphatic carbocycles. The van der Waals surface area contributed by atoms with Crippen molar-refractivity contribution in [1.29, 1.82) is 0 Å². The Balaban J connectivity index is 1.68. The Morgan fingerprint density at radius 1 is 1.07 bits per heavy atom. The quantitative estimate of drug-likeness (QED) is 0.541. The molecule has 4 aromatic rings. The minimum absolute atomic E-state index is 0.194. The number of carbonyl (C=O) groups excluding carboxylic acids is 1. The number of hydrogen-bond donors (Lipinski definition) is 1. The second kappa shape index (κ2) is 7.62. The van der Waals surface area contributed by atoms with Crippen molar-refractivity contribution in [2.45, 2.75) is 0 Å². The molecule has 0 unspecified atom stereocenters. The van der Waals surface area contributed by atoms with Crippen LogP contribution in [-0.2, 0) is 0 Å². The Labute approximate surface area is 166 Å². The van der Waals surface area contributed by atoms with E-state index in [-0.39, 0.29) is 11.6 Å². The number of hydrogen-bond acceptors (Lipinski definition) is 3. The molecular formula is C21H17ClN4O2. The van der Waals surface area contributed by atoms with Crippen molar-refractivity contribution in [1.82, 2.24) is 14.3 Å². The number of anilines is 1. The molecule has 2 aromatic carbocycles. The molecule has 4 rings (SSSR count). The maximum Gasteiger partial charge on any atom is 0.280 e. The maximum atomic E-state index is 12.9. The van der Waals surface area contributed by atoms with Crippen LogP contribution in [0.5, 0.6) is 5.75 Å². The zero-order valence-electron chi connectivity index (χ0n) is 15.0. The first kappa shape index (κ1) is 17.9. The second-order valence-corrected chi connectivity index (χ2v) is 6.47. The summed E-state index contributed by atoms with van der Waals surface area (Å²) in [5.41, 5.74) is 2.40. The Hall–Kier alpha value is -3.51. The van der Waals surface area contributed by atoms with Crippen LogP contribution < -0.4 is 10.1 Å². The van der Waals surface area contributed by atoms with E-state index < -0.39 is 0 Å². The summed E-state index contributed by atoms with van der Waals surface area (Å²) >= 11 is 6.14. The van der Waals surface area contributed by atoms with E-state index in [0.717, 1.165) is 11.4 Å². The van der Waals surface area contributed by atoms with Crippen LogP contribution in [-0.4, -0.2) is 27.4 Å². The summed E-state index contributed by atoms with van der Waals surface area (Å²) in [7, 11) is 1.51. The average Bonchev–Trinajstić information content (AvgIpc) is 3.40. The number of rotatable bonds is 5. The molecule has 2 aromatic heterocycles. The molecule has 0 fully saturated rings. The van der Waals surface area contributed by atoms with Crippen molar-refractivity contribution in [3.8, 4) is 17.1 Å². The molecule has 0 atom stereocenters. The lowest BCUT2D eigenvalue weighted by atomic mass is 10.2. The van der Waals surface area contributed by atoms with Gasteiger partial charge in [-0.3, -0.25) is 4.79 Å². The van der Waals surface area contributed by atoms with Gasteiger partial charge in [0.25, 0.3) is 5.91 Å². The van der Waals surface area contributed by atoms with Crippen LogP contribution in [0.2, 0.25) is 5.02 Å². The highest BCUT2D eigenvalue weighted by molar-refractivity contribution is 6.31. The molecule has 0 radical (unpaired) electrons. The number of methoxy groups -OCH3 is 1. The smallest absolute Gasteiger partial charge is 0.280 e. The minimum atomic E-state index is -0.373. The predicted octanol–water partition coefficient (Wildman–Crippen LogP) is 4.58. The zero-order valence-corrected chi connectivity index (χ0v) is 15.8. The van der Waals surface area contributed by atoms with Gasteiger partial charge in [-0.25, -0.2) is 4.68 Å². The van der Waals surface area contributed by atoms with Crippen molar-refractivity contribution in [2.24, 2.45) is 0 Å². The van der Waals surface area contributed by atoms with Crippen LogP contribution in [0, 0.1) is 0 Å². The molecule has 0 spiro atoms. The monoisotopic (exact) mass is 392 g/mol. The van der Waals surface area contributed by atoms with Gasteiger partial charge < -0.3 is 14.6 Å². The number of ether oxygens (including phenoxy) is 1. The molecule has 0 aliphatic rings. The first-order valence-electron chi connectivity index (χ1n) is 8.59. The minimum Gasteiger partial charge on any atom is -0.493 e. The first-order valence-corrected chi connectivity index (χ1v) is 8.97. The van der Waals surface area contributed by atoms with Crippen molar-refractivity contribution in [3.63, 3.8) is 0 Å². The second-order valence-electron chi connectivity index (χ2n) is 6.03. The molecule has 0 saturated heterocycles. The number of nitrogens with one attached hydrogen (secondary N) is 1. The molecule has 140 valence electrons. The number of benzene rings is 2. The lowest BCUT2D eigenvalue weighted by Gasteiger charge is -2.12. The third-order valence-corrected chi connectivity index (χ3v) is 4.46. The Kier molecular flexibility index (Phi) is 4.87. The van der Waals surface area contributed by atoms with Crippen molar-refractivity contribution < 1.29 is 9.53 Å². The topological polar surface area (TPSA) is 61.1 Å². The van der Waals surface area contributed by atoms with Crippen LogP contribution in [0.25, 0.3) is 11.4 Å². The maximum absolute atomic E-state index is 12.9. The molecule has 0 aliphatic heterocycles. The van der Waals surface area contributed by atoms with Crippen molar-refractivity contribution in [3.05, 3.63) is 90.0 Å². The number of nitrogens with zero attached hydrogens (tertiary/aromatic N) is 3. The Morgan fingerprint density at radius 3 is 2.54 bits per heavy atom. The normalized spacial score (nSPS) is 10.6. The van der Waals surface area contributed by atoms with E-state index in [1.807, 2.05) is 59.4 Å². The molecule has 1 N–H and O–H groups in total. The Bertz CT molecular complexity index is 1100. The lowest BCUT2D eigenvalue weighted by Crippen LogP contribution is -2.15. The third kappa shape index (κ3) is 3.50. The molecule has 2 heterocycles. The highest BCUT2D eigenvalue weighted by Gasteiger charge is 2.20. The number of carbonyl (C=O) groups is 1. The van der Waals surface area contributed by atoms with Gasteiger partial charge in [-0.2, -0.15) is 5.10 Å². The van der Waals surface area contributed by atoms with E-state index in [9.17, 15) is 4.79 Å². The summed E-state index contributed by atoms with van der Waals surface area (Å²) < 4.78 is 8.85. The van der Waals surface area contributed by atoms with E-state index in [0.29, 0.717) is 16.5 Å². The van der Waals surface area contributed by atoms with Gasteiger partial charge in [0.05, 0.1) is 30.4 Å². The average molecular weight is 393 g/mol. The number of para-hydroxylation sites is 1. The molecule has 0 saturated carbocycles. The SMILES string of the molecule is COc1cn(-c2ccccc2)nc1C(=O)Nc1ccc(Cl)cc1-n1cccc1. The van der Waals surface area contributed by atoms with Gasteiger partial charge in [0.2, 0.25) is 0 Å². The Morgan fingerprint density at radius 2 is 1.82 bits per heavy atom. The van der Waals surface area contributed by atoms with E-state index in [4.69, 9.17) is 16.3 Å². The fourth-order valence-electron chi connectivity index (χ4n) is 2.88. The molecule has 28 heavy (non-hydrogen) atoms. The van der Waals surface area contributed by atoms with Gasteiger partial charge in [-0.15, -0.1) is 0 Å². The largest absolute Gasteiger partial charge is 0.493 e. The van der Waals surface area contributed by atoms with Crippen LogP contribution in [0.3, 0.4) is 0 Å². The summed E-state index contributed by atoms with van der Waals surface area (Å²) in [6.07, 6.45) is 5.44. The lowest BCUT2D eigenvalue weighted by molar-refractivity contribution is 0.101. The zero-order chi connectivity index (χ0) is 19.5. The van der Waals surface area contributed by atoms with Crippen molar-refractivity contribution in [2.75, 3.05) is 12.4 Å². The highest BCUT2D eigenvalue weighted by atomic mass is 35.5. The molecular weight excluding hydrogens is 376 g/mol. The highest BCUT2D eigenvalue weighted by Crippen LogP contribution is 2.27. The summed E-state index contributed by atoms with van der Waals surface area (Å²) in [4.78, 5) is 12.9. The van der Waals surface area contributed by atoms with Gasteiger partial charge in [0.15, 0.2) is 11.4 Å². The van der Waals surface area contributed by atoms with Gasteiger partial charge in [0.1, 0.15) is 0 Å². The summed E-state index contributed by atoms with van der Waals surface area (Å²) in [5, 5.41) is 7.89. The van der Waals surface area contributed by atoms with Crippen LogP contribution >= 0.6 is 11.6 Å². The molecule has 7 heteroatoms. The summed E-state index contributed by atoms with van der Waals surface area (Å²) in [6.45, 7) is 0. The van der Waals surface area contributed by atoms with Crippen molar-refractivity contribution >= 4 is 23.2 Å². The van der Waals surface area contributed by atoms with E-state index in [2.05, 4.69) is 10.4 Å². The summed E-state index contributed by atoms with van der Waals surface area (Å²) in [6, 6.07) is 18.6. The molecule has 1 amide bonds.